The average Bonchev–Trinajstić information content (AvgIpc) is 3.61. The maximum atomic E-state index is 14.5. The van der Waals surface area contributed by atoms with E-state index in [1.54, 1.807) is 55.5 Å². The molecule has 60 heavy (non-hydrogen) atoms. The fourth-order valence-electron chi connectivity index (χ4n) is 7.21. The Hall–Kier alpha value is -6.05. The molecule has 6 N–H and O–H groups in total. The third-order valence-electron chi connectivity index (χ3n) is 10.8. The lowest BCUT2D eigenvalue weighted by Crippen LogP contribution is -2.66. The molecule has 15 heteroatoms. The number of amides is 4. The number of hydrogen-bond donors (Lipinski definition) is 5. The molecule has 1 unspecified atom stereocenters. The summed E-state index contributed by atoms with van der Waals surface area (Å²) in [6, 6.07) is 26.1. The minimum absolute atomic E-state index is 0.0168. The highest BCUT2D eigenvalue weighted by Gasteiger charge is 2.46. The molecular formula is C45H47Cl2N5O8. The smallest absolute Gasteiger partial charge is 0.445 e. The molecule has 0 bridgehead atoms. The van der Waals surface area contributed by atoms with E-state index in [1.165, 1.54) is 0 Å². The van der Waals surface area contributed by atoms with Crippen LogP contribution in [0.4, 0.5) is 9.59 Å². The van der Waals surface area contributed by atoms with Gasteiger partial charge in [0, 0.05) is 22.5 Å². The first-order chi connectivity index (χ1) is 28.8. The molecule has 0 aliphatic heterocycles. The van der Waals surface area contributed by atoms with Gasteiger partial charge >= 0.3 is 12.2 Å². The fraction of sp³-hybridized carbons (Fsp3) is 0.311. The van der Waals surface area contributed by atoms with Gasteiger partial charge in [0.15, 0.2) is 0 Å². The van der Waals surface area contributed by atoms with Gasteiger partial charge in [-0.25, -0.2) is 9.59 Å². The highest BCUT2D eigenvalue weighted by molar-refractivity contribution is 6.38. The summed E-state index contributed by atoms with van der Waals surface area (Å²) in [6.45, 7) is 3.70. The largest absolute Gasteiger partial charge is 0.514 e. The standard InChI is InChI=1S/C45H47Cl2N5O8/c1-3-27(2)38(40(48)53)51-42(55)45(21-20-36-34(24-45)33-22-31(46)23-35(47)39(33)49-36)52-41(54)37(50-43(56)58-25-29-10-6-4-7-11-29)19-16-28-14-17-32(18-15-28)60-44(57)59-26-30-12-8-5-9-13-30/h4-15,17-18,22-23,27,37-38,49H,3,16,19-21,24-26H2,1-2H3,(H2,48,53)(H,50,56)(H,51,55)(H,52,54)/t27?,37-,38-,45+/m0/s1. The minimum atomic E-state index is -1.59. The van der Waals surface area contributed by atoms with Crippen molar-refractivity contribution in [1.82, 2.24) is 20.9 Å². The van der Waals surface area contributed by atoms with Gasteiger partial charge in [0.2, 0.25) is 17.7 Å². The number of alkyl carbamates (subject to hydrolysis) is 1. The number of H-pyrrole nitrogens is 1. The third-order valence-corrected chi connectivity index (χ3v) is 11.3. The van der Waals surface area contributed by atoms with Crippen LogP contribution < -0.4 is 26.4 Å². The Morgan fingerprint density at radius 1 is 0.850 bits per heavy atom. The van der Waals surface area contributed by atoms with E-state index in [0.29, 0.717) is 33.8 Å². The van der Waals surface area contributed by atoms with Crippen LogP contribution in [0.5, 0.6) is 5.75 Å². The summed E-state index contributed by atoms with van der Waals surface area (Å²) >= 11 is 13.0. The molecule has 1 aromatic heterocycles. The van der Waals surface area contributed by atoms with Crippen LogP contribution in [0.15, 0.2) is 97.1 Å². The third kappa shape index (κ3) is 11.0. The number of fused-ring (bicyclic) bond motifs is 3. The number of hydrogen-bond acceptors (Lipinski definition) is 8. The van der Waals surface area contributed by atoms with Gasteiger partial charge in [0.05, 0.1) is 10.5 Å². The van der Waals surface area contributed by atoms with E-state index < -0.39 is 47.6 Å². The molecule has 5 aromatic rings. The number of aromatic nitrogens is 1. The number of ether oxygens (including phenoxy) is 3. The van der Waals surface area contributed by atoms with Crippen molar-refractivity contribution in [1.29, 1.82) is 0 Å². The van der Waals surface area contributed by atoms with Crippen molar-refractivity contribution in [3.63, 3.8) is 0 Å². The van der Waals surface area contributed by atoms with Crippen LogP contribution in [0.25, 0.3) is 10.9 Å². The van der Waals surface area contributed by atoms with Crippen LogP contribution in [0.1, 0.15) is 61.1 Å². The molecule has 4 aromatic carbocycles. The monoisotopic (exact) mass is 855 g/mol. The summed E-state index contributed by atoms with van der Waals surface area (Å²) in [5.41, 5.74) is 8.71. The molecular weight excluding hydrogens is 809 g/mol. The summed E-state index contributed by atoms with van der Waals surface area (Å²) in [5.74, 6) is -2.00. The van der Waals surface area contributed by atoms with E-state index in [0.717, 1.165) is 27.9 Å². The summed E-state index contributed by atoms with van der Waals surface area (Å²) in [7, 11) is 0. The van der Waals surface area contributed by atoms with Crippen molar-refractivity contribution in [3.8, 4) is 5.75 Å². The Labute approximate surface area is 357 Å². The van der Waals surface area contributed by atoms with Crippen molar-refractivity contribution in [2.75, 3.05) is 0 Å². The summed E-state index contributed by atoms with van der Waals surface area (Å²) in [6.07, 6.45) is -0.279. The normalized spacial score (nSPS) is 16.1. The number of nitrogens with two attached hydrogens (primary N) is 1. The molecule has 0 saturated carbocycles. The molecule has 1 heterocycles. The second-order valence-electron chi connectivity index (χ2n) is 14.9. The SMILES string of the molecule is CCC(C)[C@H](NC(=O)[C@@]1(NC(=O)[C@H](CCc2ccc(OC(=O)OCc3ccccc3)cc2)NC(=O)OCc2ccccc2)CCc2[nH]c3c(Cl)cc(Cl)cc3c2C1)C(N)=O. The second kappa shape index (κ2) is 19.8. The molecule has 13 nitrogen and oxygen atoms in total. The maximum Gasteiger partial charge on any atom is 0.514 e. The zero-order valence-electron chi connectivity index (χ0n) is 33.2. The van der Waals surface area contributed by atoms with Gasteiger partial charge in [-0.3, -0.25) is 14.4 Å². The van der Waals surface area contributed by atoms with Crippen LogP contribution in [-0.4, -0.2) is 52.6 Å². The van der Waals surface area contributed by atoms with Crippen LogP contribution >= 0.6 is 23.2 Å². The minimum Gasteiger partial charge on any atom is -0.445 e. The van der Waals surface area contributed by atoms with Gasteiger partial charge in [-0.2, -0.15) is 0 Å². The number of halogens is 2. The van der Waals surface area contributed by atoms with Gasteiger partial charge in [-0.1, -0.05) is 116 Å². The van der Waals surface area contributed by atoms with Crippen molar-refractivity contribution >= 4 is 64.1 Å². The van der Waals surface area contributed by atoms with E-state index in [1.807, 2.05) is 55.5 Å². The highest BCUT2D eigenvalue weighted by atomic mass is 35.5. The van der Waals surface area contributed by atoms with E-state index in [9.17, 15) is 24.0 Å². The Morgan fingerprint density at radius 3 is 2.13 bits per heavy atom. The zero-order chi connectivity index (χ0) is 42.8. The predicted molar refractivity (Wildman–Crippen MR) is 227 cm³/mol. The molecule has 314 valence electrons. The number of rotatable bonds is 16. The molecule has 1 aliphatic carbocycles. The number of aromatic amines is 1. The van der Waals surface area contributed by atoms with Crippen molar-refractivity contribution < 1.29 is 38.2 Å². The summed E-state index contributed by atoms with van der Waals surface area (Å²) in [5, 5.41) is 10.0. The van der Waals surface area contributed by atoms with Crippen LogP contribution in [0.2, 0.25) is 10.0 Å². The Balaban J connectivity index is 1.23. The van der Waals surface area contributed by atoms with Gasteiger partial charge in [0.25, 0.3) is 0 Å². The first-order valence-electron chi connectivity index (χ1n) is 19.7. The van der Waals surface area contributed by atoms with Crippen LogP contribution in [-0.2, 0) is 56.3 Å². The lowest BCUT2D eigenvalue weighted by molar-refractivity contribution is -0.137. The Bertz CT molecular complexity index is 2320. The molecule has 1 aliphatic rings. The van der Waals surface area contributed by atoms with Crippen molar-refractivity contribution in [2.24, 2.45) is 11.7 Å². The topological polar surface area (TPSA) is 191 Å². The first-order valence-corrected chi connectivity index (χ1v) is 20.4. The Morgan fingerprint density at radius 2 is 1.50 bits per heavy atom. The molecule has 0 spiro atoms. The number of nitrogens with one attached hydrogen (secondary N) is 4. The van der Waals surface area contributed by atoms with Gasteiger partial charge in [-0.05, 0) is 78.1 Å². The molecule has 4 amide bonds. The summed E-state index contributed by atoms with van der Waals surface area (Å²) in [4.78, 5) is 70.7. The molecule has 6 rings (SSSR count). The number of carbonyl (C=O) groups excluding carboxylic acids is 5. The lowest BCUT2D eigenvalue weighted by Gasteiger charge is -2.39. The number of aryl methyl sites for hydroxylation is 2. The Kier molecular flexibility index (Phi) is 14.4. The van der Waals surface area contributed by atoms with Gasteiger partial charge in [0.1, 0.15) is 36.6 Å². The molecule has 0 saturated heterocycles. The summed E-state index contributed by atoms with van der Waals surface area (Å²) < 4.78 is 16.0. The van der Waals surface area contributed by atoms with E-state index in [-0.39, 0.29) is 50.6 Å². The van der Waals surface area contributed by atoms with E-state index in [2.05, 4.69) is 20.9 Å². The van der Waals surface area contributed by atoms with Crippen molar-refractivity contribution in [2.45, 2.75) is 83.2 Å². The number of primary amides is 1. The highest BCUT2D eigenvalue weighted by Crippen LogP contribution is 2.38. The van der Waals surface area contributed by atoms with Gasteiger partial charge < -0.3 is 40.9 Å². The van der Waals surface area contributed by atoms with Gasteiger partial charge in [-0.15, -0.1) is 0 Å². The first kappa shape index (κ1) is 43.5. The number of carbonyl (C=O) groups is 5. The molecule has 0 fully saturated rings. The fourth-order valence-corrected chi connectivity index (χ4v) is 7.75. The van der Waals surface area contributed by atoms with Crippen LogP contribution in [0, 0.1) is 5.92 Å². The molecule has 4 atom stereocenters. The van der Waals surface area contributed by atoms with Crippen LogP contribution in [0.3, 0.4) is 0 Å². The lowest BCUT2D eigenvalue weighted by atomic mass is 9.78. The number of benzene rings is 4. The second-order valence-corrected chi connectivity index (χ2v) is 15.8. The molecule has 0 radical (unpaired) electrons. The van der Waals surface area contributed by atoms with E-state index in [4.69, 9.17) is 43.1 Å². The average molecular weight is 857 g/mol. The quantitative estimate of drug-likeness (QED) is 0.0499. The van der Waals surface area contributed by atoms with Crippen molar-refractivity contribution in [3.05, 3.63) is 135 Å². The zero-order valence-corrected chi connectivity index (χ0v) is 34.7. The maximum absolute atomic E-state index is 14.5. The van der Waals surface area contributed by atoms with E-state index >= 15 is 0 Å². The predicted octanol–water partition coefficient (Wildman–Crippen LogP) is 7.48.